The molecule has 1 heterocycles. The fourth-order valence-electron chi connectivity index (χ4n) is 3.37. The van der Waals surface area contributed by atoms with Crippen molar-refractivity contribution in [1.29, 1.82) is 0 Å². The average Bonchev–Trinajstić information content (AvgIpc) is 2.72. The highest BCUT2D eigenvalue weighted by Crippen LogP contribution is 2.38. The Morgan fingerprint density at radius 1 is 1.21 bits per heavy atom. The molecule has 0 spiro atoms. The Balaban J connectivity index is 1.85. The van der Waals surface area contributed by atoms with Gasteiger partial charge in [-0.25, -0.2) is 0 Å². The highest BCUT2D eigenvalue weighted by Gasteiger charge is 2.26. The highest BCUT2D eigenvalue weighted by molar-refractivity contribution is 6.33. The van der Waals surface area contributed by atoms with Gasteiger partial charge in [0.05, 0.1) is 6.21 Å². The molecule has 0 bridgehead atoms. The number of fused-ring (bicyclic) bond motifs is 1. The molecule has 1 unspecified atom stereocenters. The summed E-state index contributed by atoms with van der Waals surface area (Å²) in [4.78, 5) is 18.5. The topological polar surface area (TPSA) is 43.3 Å². The predicted molar refractivity (Wildman–Crippen MR) is 113 cm³/mol. The van der Waals surface area contributed by atoms with E-state index in [4.69, 9.17) is 26.2 Å². The van der Waals surface area contributed by atoms with Gasteiger partial charge in [-0.2, -0.15) is 4.89 Å². The standard InChI is InChI=1S/C22H27ClN2O3/c1-4-25(5-2)15-19-13-18-12-16(10-11-21(18)28-27-19)22-17(14-24-26-6-3)8-7-9-20(22)23/h7-11,13-14,19H,4-6,12,15H2,1-3H3. The predicted octanol–water partition coefficient (Wildman–Crippen LogP) is 4.98. The van der Waals surface area contributed by atoms with Crippen molar-refractivity contribution in [3.8, 4) is 0 Å². The van der Waals surface area contributed by atoms with Crippen LogP contribution in [-0.4, -0.2) is 43.5 Å². The summed E-state index contributed by atoms with van der Waals surface area (Å²) >= 11 is 6.54. The van der Waals surface area contributed by atoms with Crippen molar-refractivity contribution in [2.45, 2.75) is 33.3 Å². The number of oxime groups is 1. The second-order valence-corrected chi connectivity index (χ2v) is 7.06. The van der Waals surface area contributed by atoms with Gasteiger partial charge in [-0.1, -0.05) is 48.8 Å². The first-order valence-corrected chi connectivity index (χ1v) is 10.2. The normalized spacial score (nSPS) is 19.0. The van der Waals surface area contributed by atoms with E-state index < -0.39 is 0 Å². The molecular weight excluding hydrogens is 376 g/mol. The molecule has 0 saturated heterocycles. The lowest BCUT2D eigenvalue weighted by molar-refractivity contribution is -0.289. The Morgan fingerprint density at radius 2 is 2.04 bits per heavy atom. The van der Waals surface area contributed by atoms with E-state index in [0.717, 1.165) is 54.1 Å². The van der Waals surface area contributed by atoms with E-state index in [9.17, 15) is 0 Å². The summed E-state index contributed by atoms with van der Waals surface area (Å²) in [6.45, 7) is 9.50. The lowest BCUT2D eigenvalue weighted by atomic mass is 9.89. The fourth-order valence-corrected chi connectivity index (χ4v) is 3.67. The Bertz CT molecular complexity index is 810. The second kappa shape index (κ2) is 9.92. The van der Waals surface area contributed by atoms with Crippen LogP contribution in [0, 0.1) is 0 Å². The lowest BCUT2D eigenvalue weighted by Crippen LogP contribution is -2.34. The van der Waals surface area contributed by atoms with Crippen LogP contribution in [-0.2, 0) is 14.6 Å². The molecule has 1 aromatic carbocycles. The van der Waals surface area contributed by atoms with Crippen molar-refractivity contribution in [1.82, 2.24) is 4.90 Å². The van der Waals surface area contributed by atoms with Crippen molar-refractivity contribution in [2.24, 2.45) is 5.16 Å². The SMILES string of the molecule is CCON=Cc1cccc(Cl)c1C1=CC=C2OOC(CN(CC)CC)C=C2C1. The van der Waals surface area contributed by atoms with Crippen molar-refractivity contribution >= 4 is 23.4 Å². The molecule has 1 aliphatic carbocycles. The van der Waals surface area contributed by atoms with Gasteiger partial charge >= 0.3 is 0 Å². The van der Waals surface area contributed by atoms with E-state index in [0.29, 0.717) is 11.6 Å². The number of hydrogen-bond donors (Lipinski definition) is 0. The van der Waals surface area contributed by atoms with Crippen LogP contribution in [0.15, 0.2) is 52.9 Å². The molecular formula is C22H27ClN2O3. The maximum Gasteiger partial charge on any atom is 0.168 e. The minimum absolute atomic E-state index is 0.0865. The van der Waals surface area contributed by atoms with E-state index in [1.165, 1.54) is 0 Å². The molecule has 1 aliphatic heterocycles. The number of likely N-dealkylation sites (N-methyl/N-ethyl adjacent to an activating group) is 1. The van der Waals surface area contributed by atoms with Crippen LogP contribution in [0.5, 0.6) is 0 Å². The summed E-state index contributed by atoms with van der Waals surface area (Å²) in [5, 5.41) is 4.70. The summed E-state index contributed by atoms with van der Waals surface area (Å²) in [6, 6.07) is 5.80. The Kier molecular flexibility index (Phi) is 7.31. The molecule has 0 saturated carbocycles. The van der Waals surface area contributed by atoms with Gasteiger partial charge in [0.15, 0.2) is 5.76 Å². The summed E-state index contributed by atoms with van der Waals surface area (Å²) in [5.41, 5.74) is 4.13. The fraction of sp³-hybridized carbons (Fsp3) is 0.409. The molecule has 2 aliphatic rings. The van der Waals surface area contributed by atoms with Crippen LogP contribution >= 0.6 is 11.6 Å². The third-order valence-corrected chi connectivity index (χ3v) is 5.19. The molecule has 0 radical (unpaired) electrons. The van der Waals surface area contributed by atoms with E-state index in [-0.39, 0.29) is 6.10 Å². The second-order valence-electron chi connectivity index (χ2n) is 6.65. The number of halogens is 1. The molecule has 150 valence electrons. The smallest absolute Gasteiger partial charge is 0.168 e. The molecule has 1 aromatic rings. The van der Waals surface area contributed by atoms with Crippen LogP contribution < -0.4 is 0 Å². The van der Waals surface area contributed by atoms with Crippen LogP contribution in [0.3, 0.4) is 0 Å². The first kappa shape index (κ1) is 20.6. The monoisotopic (exact) mass is 402 g/mol. The summed E-state index contributed by atoms with van der Waals surface area (Å²) in [7, 11) is 0. The maximum absolute atomic E-state index is 6.54. The average molecular weight is 403 g/mol. The first-order valence-electron chi connectivity index (χ1n) is 9.78. The number of allylic oxidation sites excluding steroid dienone is 4. The van der Waals surface area contributed by atoms with Gasteiger partial charge in [0.2, 0.25) is 0 Å². The quantitative estimate of drug-likeness (QED) is 0.349. The number of rotatable bonds is 8. The van der Waals surface area contributed by atoms with Gasteiger partial charge in [0.25, 0.3) is 0 Å². The molecule has 3 rings (SSSR count). The summed E-state index contributed by atoms with van der Waals surface area (Å²) < 4.78 is 0. The number of hydrogen-bond acceptors (Lipinski definition) is 5. The van der Waals surface area contributed by atoms with Gasteiger partial charge in [0.1, 0.15) is 12.7 Å². The minimum atomic E-state index is -0.0865. The Labute approximate surface area is 171 Å². The molecule has 0 N–H and O–H groups in total. The van der Waals surface area contributed by atoms with Gasteiger partial charge in [-0.05, 0) is 43.8 Å². The molecule has 0 fully saturated rings. The Morgan fingerprint density at radius 3 is 2.79 bits per heavy atom. The first-order chi connectivity index (χ1) is 13.7. The molecule has 5 nitrogen and oxygen atoms in total. The van der Waals surface area contributed by atoms with E-state index in [2.05, 4.69) is 30.0 Å². The summed E-state index contributed by atoms with van der Waals surface area (Å²) in [6.07, 6.45) is 8.47. The zero-order chi connectivity index (χ0) is 19.9. The van der Waals surface area contributed by atoms with Crippen LogP contribution in [0.25, 0.3) is 5.57 Å². The summed E-state index contributed by atoms with van der Waals surface area (Å²) in [5.74, 6) is 0.760. The van der Waals surface area contributed by atoms with Crippen LogP contribution in [0.2, 0.25) is 5.02 Å². The van der Waals surface area contributed by atoms with Gasteiger partial charge in [0, 0.05) is 34.7 Å². The molecule has 6 heteroatoms. The van der Waals surface area contributed by atoms with Crippen molar-refractivity contribution < 1.29 is 14.6 Å². The highest BCUT2D eigenvalue weighted by atomic mass is 35.5. The van der Waals surface area contributed by atoms with Gasteiger partial charge < -0.3 is 14.6 Å². The maximum atomic E-state index is 6.54. The molecule has 0 amide bonds. The zero-order valence-electron chi connectivity index (χ0n) is 16.7. The van der Waals surface area contributed by atoms with Crippen molar-refractivity contribution in [3.63, 3.8) is 0 Å². The molecule has 1 atom stereocenters. The van der Waals surface area contributed by atoms with E-state index >= 15 is 0 Å². The number of nitrogens with zero attached hydrogens (tertiary/aromatic N) is 2. The van der Waals surface area contributed by atoms with Crippen molar-refractivity contribution in [2.75, 3.05) is 26.2 Å². The third-order valence-electron chi connectivity index (χ3n) is 4.88. The van der Waals surface area contributed by atoms with Crippen LogP contribution in [0.4, 0.5) is 0 Å². The lowest BCUT2D eigenvalue weighted by Gasteiger charge is -2.29. The van der Waals surface area contributed by atoms with E-state index in [1.807, 2.05) is 37.3 Å². The molecule has 0 aromatic heterocycles. The van der Waals surface area contributed by atoms with Gasteiger partial charge in [-0.3, -0.25) is 0 Å². The number of benzene rings is 1. The zero-order valence-corrected chi connectivity index (χ0v) is 17.4. The van der Waals surface area contributed by atoms with Gasteiger partial charge in [-0.15, -0.1) is 0 Å². The largest absolute Gasteiger partial charge is 0.396 e. The molecule has 28 heavy (non-hydrogen) atoms. The Hall–Kier alpha value is -2.08. The van der Waals surface area contributed by atoms with Crippen LogP contribution in [0.1, 0.15) is 38.3 Å². The van der Waals surface area contributed by atoms with E-state index in [1.54, 1.807) is 6.21 Å². The third kappa shape index (κ3) is 4.85. The minimum Gasteiger partial charge on any atom is -0.396 e. The van der Waals surface area contributed by atoms with Crippen molar-refractivity contribution in [3.05, 3.63) is 63.9 Å².